The Hall–Kier alpha value is -1.33. The van der Waals surface area contributed by atoms with Crippen LogP contribution in [0.25, 0.3) is 0 Å². The number of nitriles is 1. The van der Waals surface area contributed by atoms with Crippen LogP contribution in [0.5, 0.6) is 0 Å². The summed E-state index contributed by atoms with van der Waals surface area (Å²) in [6.07, 6.45) is 1.25. The molecule has 0 aromatic carbocycles. The first-order valence-corrected chi connectivity index (χ1v) is 8.52. The number of hydrogen-bond donors (Lipinski definition) is 0. The minimum Gasteiger partial charge on any atom is -0.444 e. The van der Waals surface area contributed by atoms with Crippen molar-refractivity contribution in [3.8, 4) is 6.07 Å². The van der Waals surface area contributed by atoms with Crippen LogP contribution in [-0.2, 0) is 19.0 Å². The SMILES string of the molecule is CC(C)(C)OC(=O)N1CCC(C#N)(COS(C)(=O)=O)CC1. The molecule has 1 aliphatic heterocycles. The van der Waals surface area contributed by atoms with Crippen LogP contribution in [0.1, 0.15) is 33.6 Å². The molecule has 0 aromatic heterocycles. The fourth-order valence-corrected chi connectivity index (χ4v) is 2.39. The van der Waals surface area contributed by atoms with Crippen LogP contribution in [0.4, 0.5) is 4.79 Å². The van der Waals surface area contributed by atoms with Crippen molar-refractivity contribution in [3.05, 3.63) is 0 Å². The fourth-order valence-electron chi connectivity index (χ4n) is 1.95. The van der Waals surface area contributed by atoms with E-state index in [-0.39, 0.29) is 6.61 Å². The molecule has 0 aliphatic carbocycles. The Kier molecular flexibility index (Phi) is 5.23. The summed E-state index contributed by atoms with van der Waals surface area (Å²) in [7, 11) is -3.58. The summed E-state index contributed by atoms with van der Waals surface area (Å²) in [4.78, 5) is 13.5. The Balaban J connectivity index is 2.60. The first-order valence-electron chi connectivity index (χ1n) is 6.70. The largest absolute Gasteiger partial charge is 0.444 e. The van der Waals surface area contributed by atoms with Gasteiger partial charge in [-0.05, 0) is 33.6 Å². The Labute approximate surface area is 125 Å². The van der Waals surface area contributed by atoms with Gasteiger partial charge in [0.15, 0.2) is 0 Å². The van der Waals surface area contributed by atoms with Crippen molar-refractivity contribution < 1.29 is 22.1 Å². The molecule has 0 N–H and O–H groups in total. The van der Waals surface area contributed by atoms with Crippen LogP contribution in [0.15, 0.2) is 0 Å². The summed E-state index contributed by atoms with van der Waals surface area (Å²) in [6, 6.07) is 2.13. The topological polar surface area (TPSA) is 96.7 Å². The molecule has 0 bridgehead atoms. The average Bonchev–Trinajstić information content (AvgIpc) is 2.34. The van der Waals surface area contributed by atoms with E-state index in [1.165, 1.54) is 4.90 Å². The van der Waals surface area contributed by atoms with Crippen molar-refractivity contribution >= 4 is 16.2 Å². The maximum atomic E-state index is 11.9. The van der Waals surface area contributed by atoms with Crippen molar-refractivity contribution in [2.45, 2.75) is 39.2 Å². The number of hydrogen-bond acceptors (Lipinski definition) is 6. The third-order valence-corrected chi connectivity index (χ3v) is 3.70. The minimum atomic E-state index is -3.58. The predicted molar refractivity (Wildman–Crippen MR) is 75.9 cm³/mol. The highest BCUT2D eigenvalue weighted by Crippen LogP contribution is 2.32. The van der Waals surface area contributed by atoms with Crippen molar-refractivity contribution in [1.82, 2.24) is 4.90 Å². The van der Waals surface area contributed by atoms with Gasteiger partial charge in [-0.1, -0.05) is 0 Å². The Morgan fingerprint density at radius 1 is 1.33 bits per heavy atom. The first kappa shape index (κ1) is 17.7. The third-order valence-electron chi connectivity index (χ3n) is 3.16. The molecule has 0 aromatic rings. The zero-order valence-corrected chi connectivity index (χ0v) is 13.7. The van der Waals surface area contributed by atoms with Crippen LogP contribution >= 0.6 is 0 Å². The highest BCUT2D eigenvalue weighted by Gasteiger charge is 2.38. The first-order chi connectivity index (χ1) is 9.46. The molecule has 0 saturated carbocycles. The molecule has 0 unspecified atom stereocenters. The molecule has 1 amide bonds. The molecule has 1 heterocycles. The lowest BCUT2D eigenvalue weighted by atomic mass is 9.81. The lowest BCUT2D eigenvalue weighted by molar-refractivity contribution is 0.0111. The van der Waals surface area contributed by atoms with Crippen molar-refractivity contribution in [1.29, 1.82) is 5.26 Å². The number of amides is 1. The second-order valence-corrected chi connectivity index (χ2v) is 7.97. The zero-order chi connectivity index (χ0) is 16.3. The molecule has 21 heavy (non-hydrogen) atoms. The van der Waals surface area contributed by atoms with Crippen LogP contribution in [0.3, 0.4) is 0 Å². The van der Waals surface area contributed by atoms with E-state index in [1.54, 1.807) is 20.8 Å². The summed E-state index contributed by atoms with van der Waals surface area (Å²) in [5.74, 6) is 0. The van der Waals surface area contributed by atoms with E-state index < -0.39 is 27.2 Å². The molecule has 0 spiro atoms. The van der Waals surface area contributed by atoms with Crippen molar-refractivity contribution in [2.24, 2.45) is 5.41 Å². The van der Waals surface area contributed by atoms with Gasteiger partial charge < -0.3 is 9.64 Å². The van der Waals surface area contributed by atoms with E-state index >= 15 is 0 Å². The van der Waals surface area contributed by atoms with Gasteiger partial charge in [0.05, 0.1) is 24.3 Å². The molecule has 1 saturated heterocycles. The number of likely N-dealkylation sites (tertiary alicyclic amines) is 1. The zero-order valence-electron chi connectivity index (χ0n) is 12.9. The summed E-state index contributed by atoms with van der Waals surface area (Å²) < 4.78 is 32.1. The summed E-state index contributed by atoms with van der Waals surface area (Å²) in [6.45, 7) is 5.87. The fraction of sp³-hybridized carbons (Fsp3) is 0.846. The number of carbonyl (C=O) groups is 1. The lowest BCUT2D eigenvalue weighted by Crippen LogP contribution is -2.46. The maximum Gasteiger partial charge on any atom is 0.410 e. The van der Waals surface area contributed by atoms with Gasteiger partial charge in [-0.15, -0.1) is 0 Å². The minimum absolute atomic E-state index is 0.176. The Bertz CT molecular complexity index is 522. The number of rotatable bonds is 3. The van der Waals surface area contributed by atoms with Gasteiger partial charge >= 0.3 is 6.09 Å². The van der Waals surface area contributed by atoms with Gasteiger partial charge in [-0.3, -0.25) is 4.18 Å². The number of ether oxygens (including phenoxy) is 1. The van der Waals surface area contributed by atoms with Crippen molar-refractivity contribution in [2.75, 3.05) is 26.0 Å². The molecule has 0 radical (unpaired) electrons. The van der Waals surface area contributed by atoms with E-state index in [1.807, 2.05) is 0 Å². The van der Waals surface area contributed by atoms with E-state index in [4.69, 9.17) is 8.92 Å². The van der Waals surface area contributed by atoms with Gasteiger partial charge in [0, 0.05) is 13.1 Å². The van der Waals surface area contributed by atoms with Crippen LogP contribution in [0, 0.1) is 16.7 Å². The van der Waals surface area contributed by atoms with Gasteiger partial charge in [-0.2, -0.15) is 13.7 Å². The smallest absolute Gasteiger partial charge is 0.410 e. The van der Waals surface area contributed by atoms with E-state index in [2.05, 4.69) is 6.07 Å². The van der Waals surface area contributed by atoms with Gasteiger partial charge in [-0.25, -0.2) is 4.79 Å². The molecule has 0 atom stereocenters. The molecular weight excluding hydrogens is 296 g/mol. The third kappa shape index (κ3) is 5.89. The average molecular weight is 318 g/mol. The lowest BCUT2D eigenvalue weighted by Gasteiger charge is -2.37. The molecule has 1 aliphatic rings. The Morgan fingerprint density at radius 3 is 2.24 bits per heavy atom. The number of nitrogens with zero attached hydrogens (tertiary/aromatic N) is 2. The van der Waals surface area contributed by atoms with Gasteiger partial charge in [0.25, 0.3) is 10.1 Å². The highest BCUT2D eigenvalue weighted by molar-refractivity contribution is 7.85. The quantitative estimate of drug-likeness (QED) is 0.732. The normalized spacial score (nSPS) is 18.9. The molecule has 7 nitrogen and oxygen atoms in total. The molecular formula is C13H22N2O5S. The van der Waals surface area contributed by atoms with Gasteiger partial charge in [0.2, 0.25) is 0 Å². The molecule has 120 valence electrons. The number of carbonyl (C=O) groups excluding carboxylic acids is 1. The van der Waals surface area contributed by atoms with E-state index in [0.717, 1.165) is 6.26 Å². The second kappa shape index (κ2) is 6.20. The summed E-state index contributed by atoms with van der Waals surface area (Å²) in [5, 5.41) is 9.29. The van der Waals surface area contributed by atoms with Crippen molar-refractivity contribution in [3.63, 3.8) is 0 Å². The summed E-state index contributed by atoms with van der Waals surface area (Å²) in [5.41, 5.74) is -1.44. The second-order valence-electron chi connectivity index (χ2n) is 6.33. The van der Waals surface area contributed by atoms with E-state index in [9.17, 15) is 18.5 Å². The summed E-state index contributed by atoms with van der Waals surface area (Å²) >= 11 is 0. The molecule has 1 fully saturated rings. The standard InChI is InChI=1S/C13H22N2O5S/c1-12(2,3)20-11(16)15-7-5-13(9-14,6-8-15)10-19-21(4,17)18/h5-8,10H2,1-4H3. The highest BCUT2D eigenvalue weighted by atomic mass is 32.2. The van der Waals surface area contributed by atoms with Crippen LogP contribution in [-0.4, -0.2) is 51.0 Å². The van der Waals surface area contributed by atoms with E-state index in [0.29, 0.717) is 25.9 Å². The van der Waals surface area contributed by atoms with Gasteiger partial charge in [0.1, 0.15) is 5.60 Å². The monoisotopic (exact) mass is 318 g/mol. The predicted octanol–water partition coefficient (Wildman–Crippen LogP) is 1.50. The van der Waals surface area contributed by atoms with Crippen LogP contribution in [0.2, 0.25) is 0 Å². The number of piperidine rings is 1. The maximum absolute atomic E-state index is 11.9. The molecule has 8 heteroatoms. The Morgan fingerprint density at radius 2 is 1.86 bits per heavy atom. The molecule has 1 rings (SSSR count). The van der Waals surface area contributed by atoms with Crippen LogP contribution < -0.4 is 0 Å².